The fourth-order valence-electron chi connectivity index (χ4n) is 1.50. The van der Waals surface area contributed by atoms with E-state index in [9.17, 15) is 18.3 Å². The maximum absolute atomic E-state index is 12.7. The summed E-state index contributed by atoms with van der Waals surface area (Å²) < 4.78 is 38.0. The highest BCUT2D eigenvalue weighted by molar-refractivity contribution is 5.14. The van der Waals surface area contributed by atoms with Gasteiger partial charge in [0.25, 0.3) is 0 Å². The Morgan fingerprint density at radius 3 is 2.28 bits per heavy atom. The van der Waals surface area contributed by atoms with E-state index < -0.39 is 24.9 Å². The molecule has 0 saturated carbocycles. The maximum atomic E-state index is 12.7. The fourth-order valence-corrected chi connectivity index (χ4v) is 1.50. The highest BCUT2D eigenvalue weighted by atomic mass is 19.4. The van der Waals surface area contributed by atoms with Crippen molar-refractivity contribution in [2.45, 2.75) is 24.9 Å². The lowest BCUT2D eigenvalue weighted by Crippen LogP contribution is -2.53. The molecule has 0 aromatic heterocycles. The van der Waals surface area contributed by atoms with Crippen molar-refractivity contribution in [2.24, 2.45) is 0 Å². The van der Waals surface area contributed by atoms with Crippen molar-refractivity contribution in [2.75, 3.05) is 6.54 Å². The van der Waals surface area contributed by atoms with E-state index in [1.54, 1.807) is 30.3 Å². The number of benzene rings is 1. The first-order valence-electron chi connectivity index (χ1n) is 5.34. The third-order valence-corrected chi connectivity index (χ3v) is 2.41. The summed E-state index contributed by atoms with van der Waals surface area (Å²) in [5.74, 6) is 0. The van der Waals surface area contributed by atoms with Crippen molar-refractivity contribution in [3.8, 4) is 0 Å². The normalized spacial score (nSPS) is 15.4. The Morgan fingerprint density at radius 2 is 1.78 bits per heavy atom. The minimum absolute atomic E-state index is 0.0203. The molecule has 0 aliphatic carbocycles. The molecule has 1 aromatic rings. The Bertz CT molecular complexity index is 346. The molecule has 0 radical (unpaired) electrons. The molecule has 18 heavy (non-hydrogen) atoms. The zero-order chi connectivity index (χ0) is 13.6. The first-order valence-corrected chi connectivity index (χ1v) is 5.34. The molecule has 4 N–H and O–H groups in total. The quantitative estimate of drug-likeness (QED) is 0.580. The van der Waals surface area contributed by atoms with E-state index in [0.29, 0.717) is 5.56 Å². The average Bonchev–Trinajstić information content (AvgIpc) is 2.29. The van der Waals surface area contributed by atoms with Crippen molar-refractivity contribution < 1.29 is 23.5 Å². The zero-order valence-corrected chi connectivity index (χ0v) is 9.48. The Hall–Kier alpha value is -1.15. The molecule has 0 bridgehead atoms. The van der Waals surface area contributed by atoms with Gasteiger partial charge in [0.15, 0.2) is 0 Å². The van der Waals surface area contributed by atoms with Crippen LogP contribution >= 0.6 is 0 Å². The van der Waals surface area contributed by atoms with Gasteiger partial charge in [-0.15, -0.1) is 0 Å². The van der Waals surface area contributed by atoms with Gasteiger partial charge in [-0.3, -0.25) is 5.32 Å². The fraction of sp³-hybridized carbons (Fsp3) is 0.455. The molecule has 0 amide bonds. The summed E-state index contributed by atoms with van der Waals surface area (Å²) in [6.07, 6.45) is -6.36. The van der Waals surface area contributed by atoms with Crippen LogP contribution in [0.3, 0.4) is 0 Å². The Labute approximate surface area is 102 Å². The number of halogens is 3. The topological polar surface area (TPSA) is 64.5 Å². The van der Waals surface area contributed by atoms with Crippen LogP contribution in [-0.4, -0.2) is 35.2 Å². The number of nitrogens with one attached hydrogen (secondary N) is 2. The van der Waals surface area contributed by atoms with E-state index in [1.165, 1.54) is 5.48 Å². The number of aliphatic hydroxyl groups is 1. The van der Waals surface area contributed by atoms with Gasteiger partial charge in [0.1, 0.15) is 6.04 Å². The standard InChI is InChI=1S/C11H15F3N2O2/c12-11(13,14)10(9(17)7-16-18)15-6-8-4-2-1-3-5-8/h1-5,9-10,15-18H,6-7H2/t9-,10+/m0/s1. The molecule has 2 atom stereocenters. The van der Waals surface area contributed by atoms with Crippen LogP contribution in [0.15, 0.2) is 30.3 Å². The molecule has 4 nitrogen and oxygen atoms in total. The Morgan fingerprint density at radius 1 is 1.17 bits per heavy atom. The van der Waals surface area contributed by atoms with Gasteiger partial charge >= 0.3 is 6.18 Å². The minimum Gasteiger partial charge on any atom is -0.390 e. The van der Waals surface area contributed by atoms with Gasteiger partial charge in [0, 0.05) is 13.1 Å². The lowest BCUT2D eigenvalue weighted by atomic mass is 10.1. The zero-order valence-electron chi connectivity index (χ0n) is 9.48. The molecule has 0 heterocycles. The third kappa shape index (κ3) is 4.61. The van der Waals surface area contributed by atoms with Crippen LogP contribution in [0.4, 0.5) is 13.2 Å². The number of hydrogen-bond donors (Lipinski definition) is 4. The second-order valence-electron chi connectivity index (χ2n) is 3.82. The van der Waals surface area contributed by atoms with E-state index in [2.05, 4.69) is 5.32 Å². The number of alkyl halides is 3. The van der Waals surface area contributed by atoms with Crippen LogP contribution in [0.5, 0.6) is 0 Å². The predicted molar refractivity (Wildman–Crippen MR) is 58.9 cm³/mol. The van der Waals surface area contributed by atoms with Gasteiger partial charge in [0.2, 0.25) is 0 Å². The molecule has 0 aliphatic heterocycles. The average molecular weight is 264 g/mol. The summed E-state index contributed by atoms with van der Waals surface area (Å²) in [6.45, 7) is -0.584. The second-order valence-corrected chi connectivity index (χ2v) is 3.82. The Kier molecular flexibility index (Phi) is 5.54. The van der Waals surface area contributed by atoms with Gasteiger partial charge in [-0.2, -0.15) is 13.2 Å². The first kappa shape index (κ1) is 14.9. The summed E-state index contributed by atoms with van der Waals surface area (Å²) in [5.41, 5.74) is 2.20. The van der Waals surface area contributed by atoms with E-state index >= 15 is 0 Å². The van der Waals surface area contributed by atoms with Gasteiger partial charge in [-0.1, -0.05) is 30.3 Å². The summed E-state index contributed by atoms with van der Waals surface area (Å²) in [6, 6.07) is 6.44. The molecule has 7 heteroatoms. The number of hydrogen-bond acceptors (Lipinski definition) is 4. The molecular weight excluding hydrogens is 249 g/mol. The summed E-state index contributed by atoms with van der Waals surface area (Å²) in [4.78, 5) is 0. The molecule has 102 valence electrons. The van der Waals surface area contributed by atoms with Crippen molar-refractivity contribution in [1.29, 1.82) is 0 Å². The van der Waals surface area contributed by atoms with Crippen LogP contribution in [0.2, 0.25) is 0 Å². The predicted octanol–water partition coefficient (Wildman–Crippen LogP) is 1.05. The Balaban J connectivity index is 2.62. The minimum atomic E-state index is -4.59. The van der Waals surface area contributed by atoms with Gasteiger partial charge in [-0.25, -0.2) is 5.48 Å². The molecule has 0 saturated heterocycles. The summed E-state index contributed by atoms with van der Waals surface area (Å²) in [7, 11) is 0. The van der Waals surface area contributed by atoms with Crippen molar-refractivity contribution in [1.82, 2.24) is 10.8 Å². The largest absolute Gasteiger partial charge is 0.406 e. The van der Waals surface area contributed by atoms with Crippen LogP contribution in [-0.2, 0) is 6.54 Å². The summed E-state index contributed by atoms with van der Waals surface area (Å²) >= 11 is 0. The van der Waals surface area contributed by atoms with Gasteiger partial charge < -0.3 is 10.3 Å². The van der Waals surface area contributed by atoms with Gasteiger partial charge in [-0.05, 0) is 5.56 Å². The summed E-state index contributed by atoms with van der Waals surface area (Å²) in [5, 5.41) is 19.9. The van der Waals surface area contributed by atoms with E-state index in [0.717, 1.165) is 0 Å². The molecular formula is C11H15F3N2O2. The smallest absolute Gasteiger partial charge is 0.390 e. The molecule has 1 rings (SSSR count). The molecule has 0 fully saturated rings. The van der Waals surface area contributed by atoms with Crippen LogP contribution in [0.1, 0.15) is 5.56 Å². The van der Waals surface area contributed by atoms with Crippen molar-refractivity contribution in [3.63, 3.8) is 0 Å². The lowest BCUT2D eigenvalue weighted by molar-refractivity contribution is -0.179. The molecule has 1 aromatic carbocycles. The third-order valence-electron chi connectivity index (χ3n) is 2.41. The SMILES string of the molecule is ONC[C@H](O)[C@@H](NCc1ccccc1)C(F)(F)F. The first-order chi connectivity index (χ1) is 8.45. The van der Waals surface area contributed by atoms with E-state index in [-0.39, 0.29) is 6.54 Å². The van der Waals surface area contributed by atoms with E-state index in [1.807, 2.05) is 0 Å². The molecule has 0 aliphatic rings. The van der Waals surface area contributed by atoms with Crippen LogP contribution in [0, 0.1) is 0 Å². The van der Waals surface area contributed by atoms with Crippen LogP contribution in [0.25, 0.3) is 0 Å². The maximum Gasteiger partial charge on any atom is 0.406 e. The van der Waals surface area contributed by atoms with Crippen molar-refractivity contribution >= 4 is 0 Å². The lowest BCUT2D eigenvalue weighted by Gasteiger charge is -2.26. The highest BCUT2D eigenvalue weighted by Crippen LogP contribution is 2.23. The number of hydroxylamine groups is 1. The van der Waals surface area contributed by atoms with Crippen LogP contribution < -0.4 is 10.8 Å². The highest BCUT2D eigenvalue weighted by Gasteiger charge is 2.43. The number of aliphatic hydroxyl groups excluding tert-OH is 1. The molecule has 0 unspecified atom stereocenters. The van der Waals surface area contributed by atoms with Gasteiger partial charge in [0.05, 0.1) is 6.10 Å². The monoisotopic (exact) mass is 264 g/mol. The second kappa shape index (κ2) is 6.69. The van der Waals surface area contributed by atoms with Crippen molar-refractivity contribution in [3.05, 3.63) is 35.9 Å². The van der Waals surface area contributed by atoms with E-state index in [4.69, 9.17) is 5.21 Å². The molecule has 0 spiro atoms. The number of rotatable bonds is 6.